The van der Waals surface area contributed by atoms with Gasteiger partial charge in [-0.2, -0.15) is 0 Å². The minimum Gasteiger partial charge on any atom is -0.290 e. The Kier molecular flexibility index (Phi) is 2.79. The summed E-state index contributed by atoms with van der Waals surface area (Å²) in [5, 5.41) is 1.58. The van der Waals surface area contributed by atoms with Gasteiger partial charge < -0.3 is 0 Å². The highest BCUT2D eigenvalue weighted by Gasteiger charge is 2.52. The second kappa shape index (κ2) is 4.70. The zero-order chi connectivity index (χ0) is 15.2. The van der Waals surface area contributed by atoms with Crippen molar-refractivity contribution in [3.63, 3.8) is 0 Å². The van der Waals surface area contributed by atoms with Crippen molar-refractivity contribution in [2.24, 2.45) is 4.99 Å². The Morgan fingerprint density at radius 3 is 2.64 bits per heavy atom. The lowest BCUT2D eigenvalue weighted by Crippen LogP contribution is -2.42. The Morgan fingerprint density at radius 2 is 1.82 bits per heavy atom. The number of anilines is 1. The van der Waals surface area contributed by atoms with Crippen LogP contribution in [0, 0.1) is 0 Å². The van der Waals surface area contributed by atoms with E-state index >= 15 is 0 Å². The molecule has 1 aliphatic heterocycles. The number of carbonyl (C=O) groups excluding carboxylic acids is 1. The van der Waals surface area contributed by atoms with Gasteiger partial charge >= 0.3 is 0 Å². The van der Waals surface area contributed by atoms with E-state index in [1.54, 1.807) is 5.01 Å². The number of carbonyl (C=O) groups is 1. The number of amides is 1. The molecule has 4 heteroatoms. The SMILES string of the molecule is CC1=NC2(CCc3ccccc32)C(=O)N1Nc1ccccc1. The van der Waals surface area contributed by atoms with E-state index in [2.05, 4.69) is 11.5 Å². The maximum atomic E-state index is 13.1. The Labute approximate surface area is 129 Å². The lowest BCUT2D eigenvalue weighted by Gasteiger charge is -2.24. The number of fused-ring (bicyclic) bond motifs is 2. The molecule has 2 aliphatic rings. The van der Waals surface area contributed by atoms with E-state index in [1.807, 2.05) is 55.5 Å². The lowest BCUT2D eigenvalue weighted by molar-refractivity contribution is -0.130. The summed E-state index contributed by atoms with van der Waals surface area (Å²) in [6.07, 6.45) is 1.65. The predicted molar refractivity (Wildman–Crippen MR) is 86.5 cm³/mol. The number of nitrogens with one attached hydrogen (secondary N) is 1. The summed E-state index contributed by atoms with van der Waals surface area (Å²) < 4.78 is 0. The van der Waals surface area contributed by atoms with Crippen molar-refractivity contribution in [3.8, 4) is 0 Å². The molecular weight excluding hydrogens is 274 g/mol. The molecule has 0 bridgehead atoms. The van der Waals surface area contributed by atoms with Crippen LogP contribution < -0.4 is 5.43 Å². The number of hydrogen-bond donors (Lipinski definition) is 1. The van der Waals surface area contributed by atoms with Crippen LogP contribution in [0.2, 0.25) is 0 Å². The average Bonchev–Trinajstić information content (AvgIpc) is 3.03. The maximum absolute atomic E-state index is 13.1. The molecule has 1 spiro atoms. The van der Waals surface area contributed by atoms with E-state index in [0.717, 1.165) is 24.1 Å². The first kappa shape index (κ1) is 13.1. The van der Waals surface area contributed by atoms with Crippen molar-refractivity contribution in [2.75, 3.05) is 5.43 Å². The van der Waals surface area contributed by atoms with Crippen molar-refractivity contribution >= 4 is 17.4 Å². The number of amidine groups is 1. The largest absolute Gasteiger partial charge is 0.290 e. The van der Waals surface area contributed by atoms with Gasteiger partial charge in [-0.3, -0.25) is 10.2 Å². The fraction of sp³-hybridized carbons (Fsp3) is 0.222. The summed E-state index contributed by atoms with van der Waals surface area (Å²) in [5.74, 6) is 0.726. The van der Waals surface area contributed by atoms with E-state index < -0.39 is 5.54 Å². The highest BCUT2D eigenvalue weighted by atomic mass is 16.2. The van der Waals surface area contributed by atoms with Crippen molar-refractivity contribution in [1.29, 1.82) is 0 Å². The van der Waals surface area contributed by atoms with Crippen LogP contribution in [0.15, 0.2) is 59.6 Å². The van der Waals surface area contributed by atoms with E-state index in [-0.39, 0.29) is 5.91 Å². The van der Waals surface area contributed by atoms with Crippen molar-refractivity contribution in [1.82, 2.24) is 5.01 Å². The lowest BCUT2D eigenvalue weighted by atomic mass is 9.92. The number of hydrogen-bond acceptors (Lipinski definition) is 3. The van der Waals surface area contributed by atoms with Crippen molar-refractivity contribution in [2.45, 2.75) is 25.3 Å². The molecule has 4 nitrogen and oxygen atoms in total. The topological polar surface area (TPSA) is 44.7 Å². The molecule has 1 atom stereocenters. The summed E-state index contributed by atoms with van der Waals surface area (Å²) >= 11 is 0. The third-order valence-corrected chi connectivity index (χ3v) is 4.47. The van der Waals surface area contributed by atoms with Crippen LogP contribution in [0.4, 0.5) is 5.69 Å². The van der Waals surface area contributed by atoms with Gasteiger partial charge in [0.2, 0.25) is 0 Å². The number of benzene rings is 2. The second-order valence-electron chi connectivity index (χ2n) is 5.79. The van der Waals surface area contributed by atoms with Crippen LogP contribution in [0.1, 0.15) is 24.5 Å². The van der Waals surface area contributed by atoms with E-state index in [1.165, 1.54) is 5.56 Å². The second-order valence-corrected chi connectivity index (χ2v) is 5.79. The van der Waals surface area contributed by atoms with Gasteiger partial charge in [0.15, 0.2) is 5.54 Å². The van der Waals surface area contributed by atoms with Gasteiger partial charge in [0.05, 0.1) is 5.69 Å². The first-order valence-corrected chi connectivity index (χ1v) is 7.52. The summed E-state index contributed by atoms with van der Waals surface area (Å²) in [6, 6.07) is 17.8. The molecule has 1 unspecified atom stereocenters. The zero-order valence-corrected chi connectivity index (χ0v) is 12.4. The highest BCUT2D eigenvalue weighted by Crippen LogP contribution is 2.44. The van der Waals surface area contributed by atoms with Gasteiger partial charge in [0, 0.05) is 0 Å². The Morgan fingerprint density at radius 1 is 1.09 bits per heavy atom. The standard InChI is InChI=1S/C18H17N3O/c1-13-19-18(12-11-14-7-5-6-10-16(14)18)17(22)21(13)20-15-8-3-2-4-9-15/h2-10,20H,11-12H2,1H3. The first-order chi connectivity index (χ1) is 10.7. The molecule has 2 aromatic carbocycles. The highest BCUT2D eigenvalue weighted by molar-refractivity contribution is 6.09. The molecule has 1 aliphatic carbocycles. The summed E-state index contributed by atoms with van der Waals surface area (Å²) in [6.45, 7) is 1.88. The third-order valence-electron chi connectivity index (χ3n) is 4.47. The summed E-state index contributed by atoms with van der Waals surface area (Å²) in [7, 11) is 0. The Bertz CT molecular complexity index is 769. The maximum Gasteiger partial charge on any atom is 0.279 e. The first-order valence-electron chi connectivity index (χ1n) is 7.52. The molecule has 4 rings (SSSR count). The van der Waals surface area contributed by atoms with Gasteiger partial charge in [0.1, 0.15) is 5.84 Å². The van der Waals surface area contributed by atoms with E-state index in [9.17, 15) is 4.79 Å². The van der Waals surface area contributed by atoms with Crippen LogP contribution in [0.25, 0.3) is 0 Å². The van der Waals surface area contributed by atoms with Crippen LogP contribution >= 0.6 is 0 Å². The molecule has 1 heterocycles. The Hall–Kier alpha value is -2.62. The summed E-state index contributed by atoms with van der Waals surface area (Å²) in [4.78, 5) is 17.8. The van der Waals surface area contributed by atoms with Gasteiger partial charge in [-0.25, -0.2) is 10.0 Å². The molecule has 0 aromatic heterocycles. The van der Waals surface area contributed by atoms with E-state index in [0.29, 0.717) is 5.84 Å². The van der Waals surface area contributed by atoms with Gasteiger partial charge in [0.25, 0.3) is 5.91 Å². The van der Waals surface area contributed by atoms with Crippen molar-refractivity contribution < 1.29 is 4.79 Å². The number of rotatable bonds is 2. The average molecular weight is 291 g/mol. The van der Waals surface area contributed by atoms with Gasteiger partial charge in [-0.1, -0.05) is 42.5 Å². The third kappa shape index (κ3) is 1.77. The van der Waals surface area contributed by atoms with Crippen molar-refractivity contribution in [3.05, 3.63) is 65.7 Å². The molecular formula is C18H17N3O. The Balaban J connectivity index is 1.70. The molecule has 22 heavy (non-hydrogen) atoms. The molecule has 0 fully saturated rings. The molecule has 0 saturated heterocycles. The van der Waals surface area contributed by atoms with E-state index in [4.69, 9.17) is 4.99 Å². The van der Waals surface area contributed by atoms with Gasteiger partial charge in [-0.05, 0) is 43.0 Å². The fourth-order valence-corrected chi connectivity index (χ4v) is 3.41. The van der Waals surface area contributed by atoms with Crippen LogP contribution in [0.5, 0.6) is 0 Å². The smallest absolute Gasteiger partial charge is 0.279 e. The minimum atomic E-state index is -0.734. The van der Waals surface area contributed by atoms with Crippen LogP contribution in [-0.2, 0) is 16.8 Å². The quantitative estimate of drug-likeness (QED) is 0.924. The van der Waals surface area contributed by atoms with Crippen LogP contribution in [-0.4, -0.2) is 16.8 Å². The minimum absolute atomic E-state index is 0.0128. The monoisotopic (exact) mass is 291 g/mol. The molecule has 0 saturated carbocycles. The van der Waals surface area contributed by atoms with Crippen LogP contribution in [0.3, 0.4) is 0 Å². The number of aliphatic imine (C=N–C) groups is 1. The van der Waals surface area contributed by atoms with Gasteiger partial charge in [-0.15, -0.1) is 0 Å². The summed E-state index contributed by atoms with van der Waals surface area (Å²) in [5.41, 5.74) is 5.61. The predicted octanol–water partition coefficient (Wildman–Crippen LogP) is 3.12. The molecule has 110 valence electrons. The number of hydrazine groups is 1. The molecule has 0 radical (unpaired) electrons. The number of aryl methyl sites for hydroxylation is 1. The number of nitrogens with zero attached hydrogens (tertiary/aromatic N) is 2. The fourth-order valence-electron chi connectivity index (χ4n) is 3.41. The normalized spacial score (nSPS) is 22.9. The molecule has 1 amide bonds. The molecule has 1 N–H and O–H groups in total. The number of para-hydroxylation sites is 1. The molecule has 2 aromatic rings. The zero-order valence-electron chi connectivity index (χ0n) is 12.4.